The van der Waals surface area contributed by atoms with Gasteiger partial charge in [-0.15, -0.1) is 0 Å². The molecular formula is C19H36N2O. The van der Waals surface area contributed by atoms with Crippen LogP contribution < -0.4 is 0 Å². The lowest BCUT2D eigenvalue weighted by atomic mass is 10.1. The number of nitrogens with zero attached hydrogens (tertiary/aromatic N) is 2. The second-order valence-electron chi connectivity index (χ2n) is 6.45. The van der Waals surface area contributed by atoms with Crippen LogP contribution in [0, 0.1) is 0 Å². The zero-order valence-electron chi connectivity index (χ0n) is 14.7. The topological polar surface area (TPSA) is 35.8 Å². The van der Waals surface area contributed by atoms with Gasteiger partial charge in [0.2, 0.25) is 0 Å². The first kappa shape index (κ1) is 19.4. The van der Waals surface area contributed by atoms with Gasteiger partial charge in [-0.3, -0.25) is 9.89 Å². The van der Waals surface area contributed by atoms with Crippen molar-refractivity contribution in [1.29, 1.82) is 0 Å². The predicted molar refractivity (Wildman–Crippen MR) is 96.3 cm³/mol. The fraction of sp³-hybridized carbons (Fsp3) is 0.842. The van der Waals surface area contributed by atoms with Crippen LogP contribution in [-0.2, 0) is 0 Å². The summed E-state index contributed by atoms with van der Waals surface area (Å²) in [6, 6.07) is 0. The molecule has 128 valence electrons. The van der Waals surface area contributed by atoms with E-state index in [1.54, 1.807) is 0 Å². The lowest BCUT2D eigenvalue weighted by Gasteiger charge is -2.25. The van der Waals surface area contributed by atoms with Crippen molar-refractivity contribution in [3.8, 4) is 0 Å². The van der Waals surface area contributed by atoms with E-state index < -0.39 is 0 Å². The standard InChI is InChI=1S/C19H36N2O/c1-3-4-5-6-7-8-9-10-11-12-13-14-15-19-20-16-17-21(19)18(2)22/h6-7,16,18-19,22H,3-5,8-15,17H2,1-2H3/b7-6+. The summed E-state index contributed by atoms with van der Waals surface area (Å²) in [7, 11) is 0. The summed E-state index contributed by atoms with van der Waals surface area (Å²) >= 11 is 0. The maximum Gasteiger partial charge on any atom is 0.106 e. The average molecular weight is 309 g/mol. The molecule has 0 aliphatic carbocycles. The molecule has 2 atom stereocenters. The van der Waals surface area contributed by atoms with Gasteiger partial charge in [-0.25, -0.2) is 0 Å². The van der Waals surface area contributed by atoms with Crippen LogP contribution in [0.5, 0.6) is 0 Å². The maximum absolute atomic E-state index is 9.65. The van der Waals surface area contributed by atoms with Gasteiger partial charge in [0, 0.05) is 12.8 Å². The molecule has 22 heavy (non-hydrogen) atoms. The Morgan fingerprint density at radius 2 is 1.73 bits per heavy atom. The zero-order chi connectivity index (χ0) is 16.0. The Hall–Kier alpha value is -0.670. The molecule has 1 N–H and O–H groups in total. The molecule has 1 aliphatic rings. The highest BCUT2D eigenvalue weighted by atomic mass is 16.3. The second-order valence-corrected chi connectivity index (χ2v) is 6.45. The van der Waals surface area contributed by atoms with Crippen LogP contribution >= 0.6 is 0 Å². The van der Waals surface area contributed by atoms with E-state index in [1.165, 1.54) is 64.2 Å². The molecule has 0 amide bonds. The number of aliphatic hydroxyl groups is 1. The van der Waals surface area contributed by atoms with Gasteiger partial charge in [0.25, 0.3) is 0 Å². The quantitative estimate of drug-likeness (QED) is 0.388. The van der Waals surface area contributed by atoms with Crippen LogP contribution in [0.4, 0.5) is 0 Å². The molecule has 1 heterocycles. The van der Waals surface area contributed by atoms with Crippen LogP contribution in [0.1, 0.15) is 84.5 Å². The summed E-state index contributed by atoms with van der Waals surface area (Å²) in [6.07, 6.45) is 20.6. The molecule has 1 rings (SSSR count). The minimum atomic E-state index is -0.377. The molecule has 0 fully saturated rings. The smallest absolute Gasteiger partial charge is 0.106 e. The van der Waals surface area contributed by atoms with E-state index in [9.17, 15) is 5.11 Å². The molecular weight excluding hydrogens is 272 g/mol. The lowest BCUT2D eigenvalue weighted by molar-refractivity contribution is 0.00710. The van der Waals surface area contributed by atoms with E-state index in [1.807, 2.05) is 13.1 Å². The fourth-order valence-corrected chi connectivity index (χ4v) is 2.97. The summed E-state index contributed by atoms with van der Waals surface area (Å²) in [5, 5.41) is 9.65. The van der Waals surface area contributed by atoms with Crippen molar-refractivity contribution in [3.05, 3.63) is 12.2 Å². The Kier molecular flexibility index (Phi) is 11.3. The van der Waals surface area contributed by atoms with Crippen LogP contribution in [0.15, 0.2) is 17.1 Å². The summed E-state index contributed by atoms with van der Waals surface area (Å²) in [5.41, 5.74) is 0. The summed E-state index contributed by atoms with van der Waals surface area (Å²) in [6.45, 7) is 4.88. The summed E-state index contributed by atoms with van der Waals surface area (Å²) < 4.78 is 0. The minimum absolute atomic E-state index is 0.216. The van der Waals surface area contributed by atoms with Crippen molar-refractivity contribution in [2.24, 2.45) is 4.99 Å². The molecule has 0 radical (unpaired) electrons. The van der Waals surface area contributed by atoms with E-state index >= 15 is 0 Å². The fourth-order valence-electron chi connectivity index (χ4n) is 2.97. The van der Waals surface area contributed by atoms with Crippen LogP contribution in [0.2, 0.25) is 0 Å². The number of aliphatic imine (C=N–C) groups is 1. The van der Waals surface area contributed by atoms with E-state index in [0.29, 0.717) is 0 Å². The molecule has 1 aliphatic heterocycles. The molecule has 3 heteroatoms. The largest absolute Gasteiger partial charge is 0.379 e. The summed E-state index contributed by atoms with van der Waals surface area (Å²) in [5.74, 6) is 0. The molecule has 0 spiro atoms. The maximum atomic E-state index is 9.65. The Balaban J connectivity index is 1.88. The first-order chi connectivity index (χ1) is 10.8. The molecule has 2 unspecified atom stereocenters. The SMILES string of the molecule is CCCC/C=C/CCCCCCCCC1N=CCN1C(C)O. The van der Waals surface area contributed by atoms with Crippen molar-refractivity contribution in [1.82, 2.24) is 4.90 Å². The monoisotopic (exact) mass is 308 g/mol. The number of rotatable bonds is 13. The number of hydrogen-bond acceptors (Lipinski definition) is 3. The average Bonchev–Trinajstić information content (AvgIpc) is 2.97. The first-order valence-electron chi connectivity index (χ1n) is 9.36. The van der Waals surface area contributed by atoms with Crippen molar-refractivity contribution in [2.75, 3.05) is 6.54 Å². The van der Waals surface area contributed by atoms with Crippen LogP contribution in [-0.4, -0.2) is 35.2 Å². The van der Waals surface area contributed by atoms with Crippen molar-refractivity contribution in [3.63, 3.8) is 0 Å². The van der Waals surface area contributed by atoms with Crippen molar-refractivity contribution in [2.45, 2.75) is 96.9 Å². The molecule has 0 saturated carbocycles. The third kappa shape index (κ3) is 8.70. The molecule has 0 aromatic carbocycles. The lowest BCUT2D eigenvalue weighted by Crippen LogP contribution is -2.37. The Labute approximate surface area is 137 Å². The van der Waals surface area contributed by atoms with Crippen molar-refractivity contribution < 1.29 is 5.11 Å². The van der Waals surface area contributed by atoms with Crippen LogP contribution in [0.3, 0.4) is 0 Å². The normalized spacial score (nSPS) is 20.2. The van der Waals surface area contributed by atoms with Gasteiger partial charge in [0.05, 0.1) is 0 Å². The highest BCUT2D eigenvalue weighted by Gasteiger charge is 2.23. The number of aliphatic hydroxyl groups excluding tert-OH is 1. The van der Waals surface area contributed by atoms with Gasteiger partial charge in [0.1, 0.15) is 12.4 Å². The van der Waals surface area contributed by atoms with E-state index in [2.05, 4.69) is 29.0 Å². The highest BCUT2D eigenvalue weighted by molar-refractivity contribution is 5.62. The number of allylic oxidation sites excluding steroid dienone is 2. The van der Waals surface area contributed by atoms with Gasteiger partial charge in [-0.2, -0.15) is 0 Å². The summed E-state index contributed by atoms with van der Waals surface area (Å²) in [4.78, 5) is 6.52. The Morgan fingerprint density at radius 3 is 2.41 bits per heavy atom. The third-order valence-electron chi connectivity index (χ3n) is 4.41. The predicted octanol–water partition coefficient (Wildman–Crippen LogP) is 4.90. The molecule has 0 bridgehead atoms. The first-order valence-corrected chi connectivity index (χ1v) is 9.36. The third-order valence-corrected chi connectivity index (χ3v) is 4.41. The Morgan fingerprint density at radius 1 is 1.09 bits per heavy atom. The molecule has 3 nitrogen and oxygen atoms in total. The number of unbranched alkanes of at least 4 members (excludes halogenated alkanes) is 8. The van der Waals surface area contributed by atoms with Gasteiger partial charge >= 0.3 is 0 Å². The molecule has 0 aromatic rings. The van der Waals surface area contributed by atoms with Gasteiger partial charge in [-0.05, 0) is 39.0 Å². The zero-order valence-corrected chi connectivity index (χ0v) is 14.7. The Bertz CT molecular complexity index is 313. The second kappa shape index (κ2) is 12.8. The highest BCUT2D eigenvalue weighted by Crippen LogP contribution is 2.17. The van der Waals surface area contributed by atoms with E-state index in [4.69, 9.17) is 0 Å². The van der Waals surface area contributed by atoms with Gasteiger partial charge < -0.3 is 5.11 Å². The van der Waals surface area contributed by atoms with Gasteiger partial charge in [-0.1, -0.05) is 57.6 Å². The number of hydrogen-bond donors (Lipinski definition) is 1. The molecule has 0 saturated heterocycles. The van der Waals surface area contributed by atoms with Gasteiger partial charge in [0.15, 0.2) is 0 Å². The van der Waals surface area contributed by atoms with E-state index in [-0.39, 0.29) is 12.4 Å². The van der Waals surface area contributed by atoms with Crippen molar-refractivity contribution >= 4 is 6.21 Å². The van der Waals surface area contributed by atoms with E-state index in [0.717, 1.165) is 13.0 Å². The minimum Gasteiger partial charge on any atom is -0.379 e. The van der Waals surface area contributed by atoms with Crippen LogP contribution in [0.25, 0.3) is 0 Å². The molecule has 0 aromatic heterocycles.